The topological polar surface area (TPSA) is 69.4 Å². The van der Waals surface area contributed by atoms with Gasteiger partial charge < -0.3 is 4.74 Å². The van der Waals surface area contributed by atoms with Crippen LogP contribution in [0.4, 0.5) is 0 Å². The van der Waals surface area contributed by atoms with Gasteiger partial charge in [-0.1, -0.05) is 6.92 Å². The van der Waals surface area contributed by atoms with Crippen molar-refractivity contribution >= 4 is 5.97 Å². The van der Waals surface area contributed by atoms with Crippen LogP contribution in [0.3, 0.4) is 0 Å². The van der Waals surface area contributed by atoms with E-state index < -0.39 is 10.9 Å². The molecule has 0 amide bonds. The molecule has 0 aliphatic heterocycles. The van der Waals surface area contributed by atoms with Crippen molar-refractivity contribution in [1.82, 2.24) is 0 Å². The molecule has 0 fully saturated rings. The average Bonchev–Trinajstić information content (AvgIpc) is 2.03. The Kier molecular flexibility index (Phi) is 4.67. The van der Waals surface area contributed by atoms with Crippen LogP contribution >= 0.6 is 0 Å². The molecule has 0 aromatic heterocycles. The third-order valence-electron chi connectivity index (χ3n) is 1.23. The third kappa shape index (κ3) is 3.70. The molecule has 0 saturated heterocycles. The SMILES string of the molecule is CC/C=C(\CC(=O)OC)[N+](=O)[O-]. The fraction of sp³-hybridized carbons (Fsp3) is 0.571. The van der Waals surface area contributed by atoms with Crippen LogP contribution in [0.25, 0.3) is 0 Å². The monoisotopic (exact) mass is 173 g/mol. The Balaban J connectivity index is 4.24. The fourth-order valence-corrected chi connectivity index (χ4v) is 0.667. The summed E-state index contributed by atoms with van der Waals surface area (Å²) in [5, 5.41) is 10.3. The minimum atomic E-state index is -0.591. The predicted octanol–water partition coefficient (Wildman–Crippen LogP) is 1.12. The van der Waals surface area contributed by atoms with E-state index in [1.54, 1.807) is 6.92 Å². The van der Waals surface area contributed by atoms with Gasteiger partial charge in [0, 0.05) is 0 Å². The first-order chi connectivity index (χ1) is 5.61. The second kappa shape index (κ2) is 5.29. The van der Waals surface area contributed by atoms with E-state index in [9.17, 15) is 14.9 Å². The quantitative estimate of drug-likeness (QED) is 0.363. The van der Waals surface area contributed by atoms with Gasteiger partial charge in [0.25, 0.3) is 5.70 Å². The Labute approximate surface area is 70.2 Å². The number of ether oxygens (including phenoxy) is 1. The van der Waals surface area contributed by atoms with E-state index in [4.69, 9.17) is 0 Å². The van der Waals surface area contributed by atoms with Crippen LogP contribution in [0.5, 0.6) is 0 Å². The molecular formula is C7H11NO4. The zero-order chi connectivity index (χ0) is 9.56. The molecule has 5 nitrogen and oxygen atoms in total. The first kappa shape index (κ1) is 10.6. The van der Waals surface area contributed by atoms with Gasteiger partial charge in [-0.3, -0.25) is 14.9 Å². The zero-order valence-electron chi connectivity index (χ0n) is 7.07. The highest BCUT2D eigenvalue weighted by Crippen LogP contribution is 2.04. The Bertz CT molecular complexity index is 209. The maximum absolute atomic E-state index is 10.6. The molecule has 0 radical (unpaired) electrons. The number of hydrogen-bond acceptors (Lipinski definition) is 4. The van der Waals surface area contributed by atoms with Crippen molar-refractivity contribution in [2.45, 2.75) is 19.8 Å². The molecule has 0 atom stereocenters. The Morgan fingerprint density at radius 1 is 1.67 bits per heavy atom. The van der Waals surface area contributed by atoms with E-state index in [2.05, 4.69) is 4.74 Å². The number of methoxy groups -OCH3 is 1. The Morgan fingerprint density at radius 2 is 2.25 bits per heavy atom. The standard InChI is InChI=1S/C7H11NO4/c1-3-4-6(8(10)11)5-7(9)12-2/h4H,3,5H2,1-2H3/b6-4+. The van der Waals surface area contributed by atoms with Crippen molar-refractivity contribution in [3.8, 4) is 0 Å². The lowest BCUT2D eigenvalue weighted by Crippen LogP contribution is -2.07. The summed E-state index contributed by atoms with van der Waals surface area (Å²) < 4.78 is 4.29. The highest BCUT2D eigenvalue weighted by Gasteiger charge is 2.15. The van der Waals surface area contributed by atoms with Crippen LogP contribution in [0.15, 0.2) is 11.8 Å². The molecule has 0 bridgehead atoms. The molecule has 0 N–H and O–H groups in total. The molecule has 5 heteroatoms. The Hall–Kier alpha value is -1.39. The van der Waals surface area contributed by atoms with Crippen LogP contribution in [0, 0.1) is 10.1 Å². The largest absolute Gasteiger partial charge is 0.469 e. The normalized spacial score (nSPS) is 11.0. The molecule has 0 unspecified atom stereocenters. The number of allylic oxidation sites excluding steroid dienone is 1. The highest BCUT2D eigenvalue weighted by molar-refractivity contribution is 5.71. The maximum atomic E-state index is 10.6. The van der Waals surface area contributed by atoms with E-state index in [1.165, 1.54) is 13.2 Å². The van der Waals surface area contributed by atoms with Gasteiger partial charge in [-0.15, -0.1) is 0 Å². The first-order valence-corrected chi connectivity index (χ1v) is 3.52. The van der Waals surface area contributed by atoms with E-state index in [0.29, 0.717) is 6.42 Å². The summed E-state index contributed by atoms with van der Waals surface area (Å²) in [6.07, 6.45) is 1.67. The van der Waals surface area contributed by atoms with Crippen LogP contribution in [-0.4, -0.2) is 18.0 Å². The van der Waals surface area contributed by atoms with Crippen LogP contribution in [0.1, 0.15) is 19.8 Å². The molecule has 0 rings (SSSR count). The fourth-order valence-electron chi connectivity index (χ4n) is 0.667. The summed E-state index contributed by atoms with van der Waals surface area (Å²) in [5.41, 5.74) is -0.107. The lowest BCUT2D eigenvalue weighted by atomic mass is 10.3. The number of carbonyl (C=O) groups excluding carboxylic acids is 1. The smallest absolute Gasteiger partial charge is 0.316 e. The van der Waals surface area contributed by atoms with Gasteiger partial charge in [0.05, 0.1) is 12.0 Å². The summed E-state index contributed by atoms with van der Waals surface area (Å²) in [7, 11) is 1.20. The number of rotatable bonds is 4. The summed E-state index contributed by atoms with van der Waals surface area (Å²) in [6.45, 7) is 1.76. The molecule has 68 valence electrons. The molecule has 0 spiro atoms. The maximum Gasteiger partial charge on any atom is 0.316 e. The van der Waals surface area contributed by atoms with Gasteiger partial charge in [-0.05, 0) is 12.5 Å². The molecule has 0 aromatic rings. The Morgan fingerprint density at radius 3 is 2.58 bits per heavy atom. The summed E-state index contributed by atoms with van der Waals surface area (Å²) in [6, 6.07) is 0. The van der Waals surface area contributed by atoms with Gasteiger partial charge in [-0.2, -0.15) is 0 Å². The summed E-state index contributed by atoms with van der Waals surface area (Å²) >= 11 is 0. The number of nitrogens with zero attached hydrogens (tertiary/aromatic N) is 1. The van der Waals surface area contributed by atoms with Gasteiger partial charge in [0.15, 0.2) is 0 Å². The van der Waals surface area contributed by atoms with E-state index in [-0.39, 0.29) is 12.1 Å². The van der Waals surface area contributed by atoms with Crippen molar-refractivity contribution in [1.29, 1.82) is 0 Å². The highest BCUT2D eigenvalue weighted by atomic mass is 16.6. The second-order valence-corrected chi connectivity index (χ2v) is 2.11. The van der Waals surface area contributed by atoms with Gasteiger partial charge >= 0.3 is 5.97 Å². The van der Waals surface area contributed by atoms with Crippen molar-refractivity contribution in [3.05, 3.63) is 21.9 Å². The lowest BCUT2D eigenvalue weighted by Gasteiger charge is -1.96. The summed E-state index contributed by atoms with van der Waals surface area (Å²) in [5.74, 6) is -0.591. The van der Waals surface area contributed by atoms with Gasteiger partial charge in [-0.25, -0.2) is 0 Å². The average molecular weight is 173 g/mol. The number of nitro groups is 1. The molecule has 0 saturated carbocycles. The van der Waals surface area contributed by atoms with Gasteiger partial charge in [0.1, 0.15) is 6.42 Å². The van der Waals surface area contributed by atoms with Crippen LogP contribution in [0.2, 0.25) is 0 Å². The molecule has 0 aliphatic carbocycles. The van der Waals surface area contributed by atoms with Crippen molar-refractivity contribution in [3.63, 3.8) is 0 Å². The van der Waals surface area contributed by atoms with Gasteiger partial charge in [0.2, 0.25) is 0 Å². The van der Waals surface area contributed by atoms with Crippen molar-refractivity contribution in [2.75, 3.05) is 7.11 Å². The minimum Gasteiger partial charge on any atom is -0.469 e. The predicted molar refractivity (Wildman–Crippen MR) is 42.0 cm³/mol. The molecule has 0 heterocycles. The van der Waals surface area contributed by atoms with Crippen molar-refractivity contribution < 1.29 is 14.5 Å². The van der Waals surface area contributed by atoms with Crippen molar-refractivity contribution in [2.24, 2.45) is 0 Å². The zero-order valence-corrected chi connectivity index (χ0v) is 7.07. The molecule has 0 aromatic carbocycles. The second-order valence-electron chi connectivity index (χ2n) is 2.11. The van der Waals surface area contributed by atoms with E-state index in [0.717, 1.165) is 0 Å². The minimum absolute atomic E-state index is 0.107. The van der Waals surface area contributed by atoms with E-state index >= 15 is 0 Å². The molecule has 12 heavy (non-hydrogen) atoms. The first-order valence-electron chi connectivity index (χ1n) is 3.52. The van der Waals surface area contributed by atoms with E-state index in [1.807, 2.05) is 0 Å². The number of esters is 1. The summed E-state index contributed by atoms with van der Waals surface area (Å²) in [4.78, 5) is 20.3. The molecule has 0 aliphatic rings. The number of carbonyl (C=O) groups is 1. The number of hydrogen-bond donors (Lipinski definition) is 0. The lowest BCUT2D eigenvalue weighted by molar-refractivity contribution is -0.427. The van der Waals surface area contributed by atoms with Crippen LogP contribution in [-0.2, 0) is 9.53 Å². The third-order valence-corrected chi connectivity index (χ3v) is 1.23. The molecular weight excluding hydrogens is 162 g/mol. The van der Waals surface area contributed by atoms with Crippen LogP contribution < -0.4 is 0 Å².